The van der Waals surface area contributed by atoms with Crippen molar-refractivity contribution in [3.05, 3.63) is 23.8 Å². The Kier molecular flexibility index (Phi) is 6.15. The summed E-state index contributed by atoms with van der Waals surface area (Å²) >= 11 is 0. The second-order valence-electron chi connectivity index (χ2n) is 8.05. The third-order valence-corrected chi connectivity index (χ3v) is 6.23. The number of nitrogens with zero attached hydrogens (tertiary/aromatic N) is 3. The number of hydrogen-bond donors (Lipinski definition) is 1. The van der Waals surface area contributed by atoms with E-state index in [0.717, 1.165) is 37.1 Å². The molecule has 6 nitrogen and oxygen atoms in total. The maximum absolute atomic E-state index is 5.48. The van der Waals surface area contributed by atoms with Gasteiger partial charge in [0.25, 0.3) is 0 Å². The number of benzene rings is 1. The molecular formula is C21H34N4O2. The molecule has 0 radical (unpaired) electrons. The lowest BCUT2D eigenvalue weighted by Gasteiger charge is -2.38. The van der Waals surface area contributed by atoms with Crippen LogP contribution in [0.4, 0.5) is 0 Å². The number of hydrogen-bond acceptors (Lipinski definition) is 4. The van der Waals surface area contributed by atoms with Gasteiger partial charge in [-0.15, -0.1) is 0 Å². The molecule has 0 aromatic heterocycles. The Labute approximate surface area is 163 Å². The fourth-order valence-corrected chi connectivity index (χ4v) is 4.38. The summed E-state index contributed by atoms with van der Waals surface area (Å²) in [6, 6.07) is 6.35. The van der Waals surface area contributed by atoms with Crippen molar-refractivity contribution < 1.29 is 9.47 Å². The van der Waals surface area contributed by atoms with Crippen LogP contribution in [0.3, 0.4) is 0 Å². The van der Waals surface area contributed by atoms with Crippen LogP contribution in [-0.2, 0) is 0 Å². The number of likely N-dealkylation sites (tertiary alicyclic amines) is 1. The largest absolute Gasteiger partial charge is 0.493 e. The fourth-order valence-electron chi connectivity index (χ4n) is 4.38. The molecule has 2 aliphatic rings. The van der Waals surface area contributed by atoms with Crippen LogP contribution in [0.2, 0.25) is 0 Å². The first-order valence-corrected chi connectivity index (χ1v) is 9.86. The summed E-state index contributed by atoms with van der Waals surface area (Å²) in [5.41, 5.74) is 1.76. The lowest BCUT2D eigenvalue weighted by Crippen LogP contribution is -2.45. The first-order valence-electron chi connectivity index (χ1n) is 9.86. The van der Waals surface area contributed by atoms with Crippen LogP contribution in [-0.4, -0.2) is 70.8 Å². The minimum atomic E-state index is 0.210. The van der Waals surface area contributed by atoms with Gasteiger partial charge < -0.3 is 24.6 Å². The summed E-state index contributed by atoms with van der Waals surface area (Å²) in [5, 5.41) is 3.61. The maximum Gasteiger partial charge on any atom is 0.193 e. The number of ether oxygens (including phenoxy) is 2. The highest BCUT2D eigenvalue weighted by Crippen LogP contribution is 2.47. The highest BCUT2D eigenvalue weighted by Gasteiger charge is 2.43. The van der Waals surface area contributed by atoms with Crippen molar-refractivity contribution in [2.24, 2.45) is 10.4 Å². The average Bonchev–Trinajstić information content (AvgIpc) is 3.10. The molecule has 1 aliphatic heterocycles. The summed E-state index contributed by atoms with van der Waals surface area (Å²) in [6.45, 7) is 3.05. The number of methoxy groups -OCH3 is 2. The third-order valence-electron chi connectivity index (χ3n) is 6.23. The molecule has 1 unspecified atom stereocenters. The molecule has 1 spiro atoms. The highest BCUT2D eigenvalue weighted by molar-refractivity contribution is 5.80. The molecule has 0 bridgehead atoms. The van der Waals surface area contributed by atoms with Crippen LogP contribution < -0.4 is 14.8 Å². The van der Waals surface area contributed by atoms with Crippen LogP contribution >= 0.6 is 0 Å². The van der Waals surface area contributed by atoms with E-state index in [2.05, 4.69) is 46.3 Å². The predicted molar refractivity (Wildman–Crippen MR) is 110 cm³/mol. The Balaban J connectivity index is 1.67. The predicted octanol–water partition coefficient (Wildman–Crippen LogP) is 2.76. The summed E-state index contributed by atoms with van der Waals surface area (Å²) in [6.07, 6.45) is 5.46. The Morgan fingerprint density at radius 1 is 1.22 bits per heavy atom. The monoisotopic (exact) mass is 374 g/mol. The summed E-state index contributed by atoms with van der Waals surface area (Å²) in [5.74, 6) is 2.54. The second-order valence-corrected chi connectivity index (χ2v) is 8.05. The molecular weight excluding hydrogens is 340 g/mol. The van der Waals surface area contributed by atoms with Gasteiger partial charge in [0.2, 0.25) is 0 Å². The van der Waals surface area contributed by atoms with Gasteiger partial charge in [0.05, 0.1) is 20.3 Å². The SMILES string of the molecule is CN=C(NCC(c1ccc(OC)c(OC)c1)N(C)C)N1CCC2(CCC2)C1. The van der Waals surface area contributed by atoms with E-state index in [-0.39, 0.29) is 6.04 Å². The minimum absolute atomic E-state index is 0.210. The van der Waals surface area contributed by atoms with E-state index in [1.54, 1.807) is 14.2 Å². The highest BCUT2D eigenvalue weighted by atomic mass is 16.5. The summed E-state index contributed by atoms with van der Waals surface area (Å²) in [4.78, 5) is 9.20. The van der Waals surface area contributed by atoms with Gasteiger partial charge in [-0.3, -0.25) is 4.99 Å². The Hall–Kier alpha value is -1.95. The first kappa shape index (κ1) is 19.8. The number of nitrogens with one attached hydrogen (secondary N) is 1. The van der Waals surface area contributed by atoms with E-state index < -0.39 is 0 Å². The molecule has 1 heterocycles. The van der Waals surface area contributed by atoms with E-state index in [4.69, 9.17) is 9.47 Å². The van der Waals surface area contributed by atoms with Gasteiger partial charge >= 0.3 is 0 Å². The maximum atomic E-state index is 5.48. The zero-order valence-corrected chi connectivity index (χ0v) is 17.4. The van der Waals surface area contributed by atoms with Crippen molar-refractivity contribution in [3.8, 4) is 11.5 Å². The number of likely N-dealkylation sites (N-methyl/N-ethyl adjacent to an activating group) is 1. The van der Waals surface area contributed by atoms with Crippen LogP contribution in [0.15, 0.2) is 23.2 Å². The Bertz CT molecular complexity index is 670. The van der Waals surface area contributed by atoms with Crippen LogP contribution in [0.25, 0.3) is 0 Å². The molecule has 1 saturated carbocycles. The van der Waals surface area contributed by atoms with Crippen LogP contribution in [0.5, 0.6) is 11.5 Å². The van der Waals surface area contributed by atoms with E-state index in [9.17, 15) is 0 Å². The minimum Gasteiger partial charge on any atom is -0.493 e. The van der Waals surface area contributed by atoms with E-state index in [1.807, 2.05) is 13.1 Å². The zero-order valence-electron chi connectivity index (χ0n) is 17.4. The molecule has 3 rings (SSSR count). The molecule has 1 aromatic rings. The molecule has 2 fully saturated rings. The number of rotatable bonds is 6. The van der Waals surface area contributed by atoms with Crippen molar-refractivity contribution in [1.82, 2.24) is 15.1 Å². The van der Waals surface area contributed by atoms with Crippen molar-refractivity contribution >= 4 is 5.96 Å². The van der Waals surface area contributed by atoms with Gasteiger partial charge in [-0.25, -0.2) is 0 Å². The Morgan fingerprint density at radius 3 is 2.48 bits per heavy atom. The Morgan fingerprint density at radius 2 is 1.96 bits per heavy atom. The summed E-state index contributed by atoms with van der Waals surface area (Å²) < 4.78 is 10.9. The van der Waals surface area contributed by atoms with Crippen molar-refractivity contribution in [3.63, 3.8) is 0 Å². The van der Waals surface area contributed by atoms with E-state index in [0.29, 0.717) is 5.41 Å². The first-order chi connectivity index (χ1) is 13.0. The standard InChI is InChI=1S/C21H34N4O2/c1-22-20(25-12-11-21(15-25)9-6-10-21)23-14-17(24(2)3)16-7-8-18(26-4)19(13-16)27-5/h7-8,13,17H,6,9-12,14-15H2,1-5H3,(H,22,23). The quantitative estimate of drug-likeness (QED) is 0.613. The summed E-state index contributed by atoms with van der Waals surface area (Å²) in [7, 11) is 9.43. The van der Waals surface area contributed by atoms with Gasteiger partial charge in [-0.05, 0) is 56.5 Å². The lowest BCUT2D eigenvalue weighted by atomic mass is 9.68. The van der Waals surface area contributed by atoms with E-state index >= 15 is 0 Å². The molecule has 1 atom stereocenters. The molecule has 150 valence electrons. The molecule has 1 aromatic carbocycles. The number of guanidine groups is 1. The zero-order chi connectivity index (χ0) is 19.4. The van der Waals surface area contributed by atoms with Crippen LogP contribution in [0, 0.1) is 5.41 Å². The number of aliphatic imine (C=N–C) groups is 1. The molecule has 0 amide bonds. The van der Waals surface area contributed by atoms with E-state index in [1.165, 1.54) is 31.2 Å². The van der Waals surface area contributed by atoms with Crippen molar-refractivity contribution in [1.29, 1.82) is 0 Å². The van der Waals surface area contributed by atoms with Gasteiger partial charge in [0, 0.05) is 26.7 Å². The van der Waals surface area contributed by atoms with Gasteiger partial charge in [0.1, 0.15) is 0 Å². The average molecular weight is 375 g/mol. The molecule has 1 aliphatic carbocycles. The van der Waals surface area contributed by atoms with Crippen molar-refractivity contribution in [2.75, 3.05) is 55.0 Å². The lowest BCUT2D eigenvalue weighted by molar-refractivity contribution is 0.151. The van der Waals surface area contributed by atoms with Crippen molar-refractivity contribution in [2.45, 2.75) is 31.7 Å². The molecule has 1 N–H and O–H groups in total. The topological polar surface area (TPSA) is 49.3 Å². The van der Waals surface area contributed by atoms with Crippen LogP contribution in [0.1, 0.15) is 37.3 Å². The second kappa shape index (κ2) is 8.38. The molecule has 6 heteroatoms. The van der Waals surface area contributed by atoms with Gasteiger partial charge in [0.15, 0.2) is 17.5 Å². The third kappa shape index (κ3) is 4.15. The van der Waals surface area contributed by atoms with Gasteiger partial charge in [-0.2, -0.15) is 0 Å². The molecule has 1 saturated heterocycles. The smallest absolute Gasteiger partial charge is 0.193 e. The molecule has 27 heavy (non-hydrogen) atoms. The fraction of sp³-hybridized carbons (Fsp3) is 0.667. The van der Waals surface area contributed by atoms with Gasteiger partial charge in [-0.1, -0.05) is 12.5 Å². The normalized spacial score (nSPS) is 19.9.